The number of nitrogens with one attached hydrogen (secondary N) is 2. The molecule has 2 aromatic heterocycles. The van der Waals surface area contributed by atoms with Gasteiger partial charge in [-0.15, -0.1) is 0 Å². The summed E-state index contributed by atoms with van der Waals surface area (Å²) in [6.45, 7) is 3.88. The third-order valence-electron chi connectivity index (χ3n) is 3.92. The van der Waals surface area contributed by atoms with Crippen LogP contribution >= 0.6 is 0 Å². The van der Waals surface area contributed by atoms with Crippen molar-refractivity contribution >= 4 is 17.3 Å². The van der Waals surface area contributed by atoms with Crippen molar-refractivity contribution < 1.29 is 4.79 Å². The van der Waals surface area contributed by atoms with Gasteiger partial charge in [-0.05, 0) is 43.2 Å². The number of benzene rings is 1. The van der Waals surface area contributed by atoms with Gasteiger partial charge in [0.2, 0.25) is 5.82 Å². The molecule has 0 spiro atoms. The Kier molecular flexibility index (Phi) is 5.38. The fourth-order valence-electron chi connectivity index (χ4n) is 2.56. The van der Waals surface area contributed by atoms with E-state index < -0.39 is 0 Å². The Hall–Kier alpha value is -3.79. The Morgan fingerprint density at radius 2 is 1.89 bits per heavy atom. The molecule has 1 amide bonds. The first-order valence-corrected chi connectivity index (χ1v) is 8.37. The Morgan fingerprint density at radius 3 is 2.59 bits per heavy atom. The third-order valence-corrected chi connectivity index (χ3v) is 3.92. The van der Waals surface area contributed by atoms with Crippen LogP contribution in [0.25, 0.3) is 0 Å². The van der Waals surface area contributed by atoms with Crippen molar-refractivity contribution in [3.05, 3.63) is 77.6 Å². The normalized spacial score (nSPS) is 11.3. The van der Waals surface area contributed by atoms with Gasteiger partial charge in [0.05, 0.1) is 23.6 Å². The Labute approximate surface area is 157 Å². The molecule has 1 aromatic carbocycles. The van der Waals surface area contributed by atoms with Crippen LogP contribution in [0.3, 0.4) is 0 Å². The predicted molar refractivity (Wildman–Crippen MR) is 102 cm³/mol. The van der Waals surface area contributed by atoms with Crippen molar-refractivity contribution in [1.29, 1.82) is 5.26 Å². The Balaban J connectivity index is 1.70. The third kappa shape index (κ3) is 4.64. The summed E-state index contributed by atoms with van der Waals surface area (Å²) in [5.41, 5.74) is 3.84. The first-order valence-electron chi connectivity index (χ1n) is 8.37. The molecule has 2 N–H and O–H groups in total. The predicted octanol–water partition coefficient (Wildman–Crippen LogP) is 3.48. The number of hydrogen-bond acceptors (Lipinski definition) is 6. The molecule has 3 aromatic rings. The minimum atomic E-state index is -0.204. The zero-order valence-electron chi connectivity index (χ0n) is 15.0. The van der Waals surface area contributed by atoms with E-state index in [1.807, 2.05) is 44.2 Å². The Morgan fingerprint density at radius 1 is 1.11 bits per heavy atom. The summed E-state index contributed by atoms with van der Waals surface area (Å²) in [7, 11) is 0. The van der Waals surface area contributed by atoms with Crippen LogP contribution in [0, 0.1) is 18.3 Å². The molecule has 0 radical (unpaired) electrons. The number of amides is 1. The highest BCUT2D eigenvalue weighted by Crippen LogP contribution is 2.21. The van der Waals surface area contributed by atoms with E-state index in [0.29, 0.717) is 16.9 Å². The molecule has 27 heavy (non-hydrogen) atoms. The van der Waals surface area contributed by atoms with E-state index >= 15 is 0 Å². The van der Waals surface area contributed by atoms with Gasteiger partial charge < -0.3 is 10.6 Å². The topological polar surface area (TPSA) is 104 Å². The maximum Gasteiger partial charge on any atom is 0.257 e. The molecular weight excluding hydrogens is 340 g/mol. The van der Waals surface area contributed by atoms with Gasteiger partial charge in [0, 0.05) is 24.1 Å². The molecule has 0 fully saturated rings. The standard InChI is InChI=1S/C20H18N6O/c1-13-6-16(10-22-9-13)20(27)26-17-5-3-4-15(7-17)14(2)25-18-11-23-19(8-21)24-12-18/h3-7,9-12,14,25H,1-2H3,(H,26,27). The number of pyridine rings is 1. The van der Waals surface area contributed by atoms with E-state index in [1.165, 1.54) is 0 Å². The molecule has 7 nitrogen and oxygen atoms in total. The van der Waals surface area contributed by atoms with Crippen LogP contribution in [-0.2, 0) is 0 Å². The lowest BCUT2D eigenvalue weighted by Gasteiger charge is -2.16. The lowest BCUT2D eigenvalue weighted by Crippen LogP contribution is -2.13. The fraction of sp³-hybridized carbons (Fsp3) is 0.150. The number of nitrogens with zero attached hydrogens (tertiary/aromatic N) is 4. The molecule has 134 valence electrons. The van der Waals surface area contributed by atoms with Gasteiger partial charge in [-0.2, -0.15) is 5.26 Å². The van der Waals surface area contributed by atoms with Crippen LogP contribution in [0.5, 0.6) is 0 Å². The molecule has 3 rings (SSSR count). The summed E-state index contributed by atoms with van der Waals surface area (Å²) in [6, 6.07) is 11.2. The van der Waals surface area contributed by atoms with Crippen molar-refractivity contribution in [3.63, 3.8) is 0 Å². The second kappa shape index (κ2) is 8.06. The van der Waals surface area contributed by atoms with E-state index in [0.717, 1.165) is 11.1 Å². The van der Waals surface area contributed by atoms with Crippen LogP contribution < -0.4 is 10.6 Å². The zero-order valence-corrected chi connectivity index (χ0v) is 15.0. The number of aromatic nitrogens is 3. The number of carbonyl (C=O) groups is 1. The second-order valence-corrected chi connectivity index (χ2v) is 6.10. The molecule has 0 aliphatic rings. The van der Waals surface area contributed by atoms with Crippen LogP contribution in [-0.4, -0.2) is 20.9 Å². The summed E-state index contributed by atoms with van der Waals surface area (Å²) in [6.07, 6.45) is 6.38. The molecule has 1 atom stereocenters. The van der Waals surface area contributed by atoms with Gasteiger partial charge in [0.15, 0.2) is 0 Å². The maximum absolute atomic E-state index is 12.4. The fourth-order valence-corrected chi connectivity index (χ4v) is 2.56. The summed E-state index contributed by atoms with van der Waals surface area (Å²) in [5, 5.41) is 14.9. The number of rotatable bonds is 5. The minimum absolute atomic E-state index is 0.0426. The van der Waals surface area contributed by atoms with Crippen LogP contribution in [0.1, 0.15) is 40.3 Å². The summed E-state index contributed by atoms with van der Waals surface area (Å²) in [4.78, 5) is 24.3. The van der Waals surface area contributed by atoms with Gasteiger partial charge in [0.1, 0.15) is 6.07 Å². The molecular formula is C20H18N6O. The second-order valence-electron chi connectivity index (χ2n) is 6.10. The smallest absolute Gasteiger partial charge is 0.257 e. The van der Waals surface area contributed by atoms with Crippen LogP contribution in [0.2, 0.25) is 0 Å². The summed E-state index contributed by atoms with van der Waals surface area (Å²) >= 11 is 0. The molecule has 7 heteroatoms. The van der Waals surface area contributed by atoms with Gasteiger partial charge >= 0.3 is 0 Å². The van der Waals surface area contributed by atoms with Crippen LogP contribution in [0.15, 0.2) is 55.1 Å². The molecule has 0 bridgehead atoms. The summed E-state index contributed by atoms with van der Waals surface area (Å²) in [5.74, 6) is -0.0759. The number of anilines is 2. The number of aryl methyl sites for hydroxylation is 1. The van der Waals surface area contributed by atoms with Crippen molar-refractivity contribution in [3.8, 4) is 6.07 Å². The highest BCUT2D eigenvalue weighted by atomic mass is 16.1. The SMILES string of the molecule is Cc1cncc(C(=O)Nc2cccc(C(C)Nc3cnc(C#N)nc3)c2)c1. The maximum atomic E-state index is 12.4. The monoisotopic (exact) mass is 358 g/mol. The number of nitriles is 1. The molecule has 0 aliphatic heterocycles. The van der Waals surface area contributed by atoms with E-state index in [2.05, 4.69) is 25.6 Å². The van der Waals surface area contributed by atoms with Gasteiger partial charge in [-0.1, -0.05) is 12.1 Å². The average molecular weight is 358 g/mol. The molecule has 0 saturated carbocycles. The highest BCUT2D eigenvalue weighted by Gasteiger charge is 2.10. The molecule has 0 aliphatic carbocycles. The molecule has 2 heterocycles. The van der Waals surface area contributed by atoms with Crippen molar-refractivity contribution in [2.75, 3.05) is 10.6 Å². The molecule has 0 saturated heterocycles. The van der Waals surface area contributed by atoms with E-state index in [9.17, 15) is 4.79 Å². The van der Waals surface area contributed by atoms with E-state index in [-0.39, 0.29) is 17.8 Å². The van der Waals surface area contributed by atoms with Crippen molar-refractivity contribution in [2.24, 2.45) is 0 Å². The van der Waals surface area contributed by atoms with Gasteiger partial charge in [-0.25, -0.2) is 9.97 Å². The highest BCUT2D eigenvalue weighted by molar-refractivity contribution is 6.04. The molecule has 1 unspecified atom stereocenters. The minimum Gasteiger partial charge on any atom is -0.376 e. The quantitative estimate of drug-likeness (QED) is 0.724. The van der Waals surface area contributed by atoms with Crippen molar-refractivity contribution in [1.82, 2.24) is 15.0 Å². The van der Waals surface area contributed by atoms with Gasteiger partial charge in [0.25, 0.3) is 5.91 Å². The first kappa shape index (κ1) is 18.0. The Bertz CT molecular complexity index is 994. The first-order chi connectivity index (χ1) is 13.0. The summed E-state index contributed by atoms with van der Waals surface area (Å²) < 4.78 is 0. The lowest BCUT2D eigenvalue weighted by atomic mass is 10.1. The van der Waals surface area contributed by atoms with E-state index in [4.69, 9.17) is 5.26 Å². The van der Waals surface area contributed by atoms with E-state index in [1.54, 1.807) is 30.9 Å². The van der Waals surface area contributed by atoms with Crippen molar-refractivity contribution in [2.45, 2.75) is 19.9 Å². The number of hydrogen-bond donors (Lipinski definition) is 2. The zero-order chi connectivity index (χ0) is 19.2. The lowest BCUT2D eigenvalue weighted by molar-refractivity contribution is 0.102. The van der Waals surface area contributed by atoms with Gasteiger partial charge in [-0.3, -0.25) is 9.78 Å². The average Bonchev–Trinajstić information content (AvgIpc) is 2.68. The largest absolute Gasteiger partial charge is 0.376 e. The van der Waals surface area contributed by atoms with Crippen LogP contribution in [0.4, 0.5) is 11.4 Å². The number of carbonyl (C=O) groups excluding carboxylic acids is 1.